The van der Waals surface area contributed by atoms with E-state index < -0.39 is 0 Å². The number of piperidine rings is 1. The van der Waals surface area contributed by atoms with Crippen molar-refractivity contribution in [1.82, 2.24) is 19.7 Å². The monoisotopic (exact) mass is 512 g/mol. The van der Waals surface area contributed by atoms with E-state index in [-0.39, 0.29) is 18.1 Å². The fourth-order valence-corrected chi connectivity index (χ4v) is 5.33. The SMILES string of the molecule is CC(C)OC(=O)N1CCC(N2CCN(C(=O)c3cc(-c4ccccc4)nc(-c4ccccc4)c3)CC2)CC1. The van der Waals surface area contributed by atoms with E-state index in [1.54, 1.807) is 0 Å². The fourth-order valence-electron chi connectivity index (χ4n) is 5.33. The summed E-state index contributed by atoms with van der Waals surface area (Å²) in [6, 6.07) is 24.3. The van der Waals surface area contributed by atoms with Gasteiger partial charge in [-0.05, 0) is 38.8 Å². The highest BCUT2D eigenvalue weighted by atomic mass is 16.6. The second-order valence-electron chi connectivity index (χ2n) is 10.3. The molecule has 3 heterocycles. The Bertz CT molecular complexity index is 1170. The maximum absolute atomic E-state index is 13.7. The summed E-state index contributed by atoms with van der Waals surface area (Å²) in [6.07, 6.45) is 1.56. The third kappa shape index (κ3) is 6.05. The van der Waals surface area contributed by atoms with E-state index in [4.69, 9.17) is 9.72 Å². The van der Waals surface area contributed by atoms with Crippen LogP contribution in [-0.4, -0.2) is 83.1 Å². The van der Waals surface area contributed by atoms with Crippen LogP contribution in [0.3, 0.4) is 0 Å². The Morgan fingerprint density at radius 3 is 1.79 bits per heavy atom. The number of piperazine rings is 1. The van der Waals surface area contributed by atoms with Gasteiger partial charge in [-0.15, -0.1) is 0 Å². The number of likely N-dealkylation sites (tertiary alicyclic amines) is 1. The van der Waals surface area contributed by atoms with Gasteiger partial charge in [0.25, 0.3) is 5.91 Å². The standard InChI is InChI=1S/C31H36N4O3/c1-23(2)38-31(37)35-15-13-27(14-16-35)33-17-19-34(20-18-33)30(36)26-21-28(24-9-5-3-6-10-24)32-29(22-26)25-11-7-4-8-12-25/h3-12,21-23,27H,13-20H2,1-2H3. The minimum absolute atomic E-state index is 0.0488. The molecule has 2 aliphatic heterocycles. The van der Waals surface area contributed by atoms with E-state index in [2.05, 4.69) is 4.90 Å². The fraction of sp³-hybridized carbons (Fsp3) is 0.387. The molecule has 5 rings (SSSR count). The molecule has 2 fully saturated rings. The number of rotatable bonds is 5. The molecule has 7 nitrogen and oxygen atoms in total. The van der Waals surface area contributed by atoms with Gasteiger partial charge in [-0.2, -0.15) is 0 Å². The van der Waals surface area contributed by atoms with Crippen molar-refractivity contribution in [2.24, 2.45) is 0 Å². The number of aromatic nitrogens is 1. The summed E-state index contributed by atoms with van der Waals surface area (Å²) >= 11 is 0. The molecule has 2 amide bonds. The largest absolute Gasteiger partial charge is 0.447 e. The van der Waals surface area contributed by atoms with Crippen LogP contribution in [0.1, 0.15) is 37.0 Å². The summed E-state index contributed by atoms with van der Waals surface area (Å²) in [4.78, 5) is 37.0. The number of carbonyl (C=O) groups excluding carboxylic acids is 2. The van der Waals surface area contributed by atoms with Crippen LogP contribution in [0, 0.1) is 0 Å². The van der Waals surface area contributed by atoms with Gasteiger partial charge in [0.15, 0.2) is 0 Å². The van der Waals surface area contributed by atoms with Gasteiger partial charge in [0, 0.05) is 62.0 Å². The molecule has 0 radical (unpaired) electrons. The first-order chi connectivity index (χ1) is 18.5. The molecule has 0 atom stereocenters. The summed E-state index contributed by atoms with van der Waals surface area (Å²) in [7, 11) is 0. The van der Waals surface area contributed by atoms with Crippen molar-refractivity contribution in [1.29, 1.82) is 0 Å². The van der Waals surface area contributed by atoms with Crippen molar-refractivity contribution >= 4 is 12.0 Å². The molecule has 38 heavy (non-hydrogen) atoms. The molecular weight excluding hydrogens is 476 g/mol. The number of hydrogen-bond donors (Lipinski definition) is 0. The van der Waals surface area contributed by atoms with Crippen molar-refractivity contribution in [2.75, 3.05) is 39.3 Å². The molecule has 1 aromatic heterocycles. The van der Waals surface area contributed by atoms with E-state index in [1.807, 2.05) is 96.4 Å². The van der Waals surface area contributed by atoms with Gasteiger partial charge in [0.2, 0.25) is 0 Å². The molecule has 3 aromatic rings. The Morgan fingerprint density at radius 1 is 0.763 bits per heavy atom. The predicted molar refractivity (Wildman–Crippen MR) is 149 cm³/mol. The minimum atomic E-state index is -0.212. The predicted octanol–water partition coefficient (Wildman–Crippen LogP) is 5.18. The van der Waals surface area contributed by atoms with Crippen LogP contribution >= 0.6 is 0 Å². The molecule has 0 N–H and O–H groups in total. The molecule has 2 saturated heterocycles. The lowest BCUT2D eigenvalue weighted by atomic mass is 10.0. The van der Waals surface area contributed by atoms with Crippen molar-refractivity contribution in [3.8, 4) is 22.5 Å². The molecule has 0 bridgehead atoms. The number of nitrogens with zero attached hydrogens (tertiary/aromatic N) is 4. The van der Waals surface area contributed by atoms with Crippen LogP contribution in [-0.2, 0) is 4.74 Å². The first-order valence-corrected chi connectivity index (χ1v) is 13.6. The molecule has 7 heteroatoms. The van der Waals surface area contributed by atoms with Crippen LogP contribution in [0.5, 0.6) is 0 Å². The summed E-state index contributed by atoms with van der Waals surface area (Å²) in [5.74, 6) is 0.0488. The third-order valence-corrected chi connectivity index (χ3v) is 7.39. The smallest absolute Gasteiger partial charge is 0.410 e. The Labute approximate surface area is 225 Å². The Balaban J connectivity index is 1.25. The van der Waals surface area contributed by atoms with Crippen LogP contribution in [0.2, 0.25) is 0 Å². The zero-order valence-electron chi connectivity index (χ0n) is 22.3. The highest BCUT2D eigenvalue weighted by Crippen LogP contribution is 2.26. The zero-order valence-corrected chi connectivity index (χ0v) is 22.3. The number of hydrogen-bond acceptors (Lipinski definition) is 5. The normalized spacial score (nSPS) is 17.0. The number of carbonyl (C=O) groups is 2. The highest BCUT2D eigenvalue weighted by molar-refractivity contribution is 5.96. The van der Waals surface area contributed by atoms with Crippen LogP contribution in [0.15, 0.2) is 72.8 Å². The van der Waals surface area contributed by atoms with Crippen LogP contribution in [0.4, 0.5) is 4.79 Å². The maximum Gasteiger partial charge on any atom is 0.410 e. The second kappa shape index (κ2) is 11.8. The lowest BCUT2D eigenvalue weighted by Gasteiger charge is -2.42. The average Bonchev–Trinajstić information content (AvgIpc) is 2.97. The molecule has 0 saturated carbocycles. The molecule has 0 spiro atoms. The second-order valence-corrected chi connectivity index (χ2v) is 10.3. The third-order valence-electron chi connectivity index (χ3n) is 7.39. The van der Waals surface area contributed by atoms with Gasteiger partial charge < -0.3 is 14.5 Å². The topological polar surface area (TPSA) is 66.0 Å². The van der Waals surface area contributed by atoms with E-state index in [0.717, 1.165) is 61.5 Å². The summed E-state index contributed by atoms with van der Waals surface area (Å²) in [6.45, 7) is 8.26. The number of benzene rings is 2. The van der Waals surface area contributed by atoms with E-state index in [9.17, 15) is 9.59 Å². The summed E-state index contributed by atoms with van der Waals surface area (Å²) < 4.78 is 5.35. The number of ether oxygens (including phenoxy) is 1. The van der Waals surface area contributed by atoms with Gasteiger partial charge in [0.1, 0.15) is 0 Å². The van der Waals surface area contributed by atoms with Gasteiger partial charge in [-0.1, -0.05) is 60.7 Å². The lowest BCUT2D eigenvalue weighted by Crippen LogP contribution is -2.54. The Morgan fingerprint density at radius 2 is 1.29 bits per heavy atom. The molecule has 2 aromatic carbocycles. The minimum Gasteiger partial charge on any atom is -0.447 e. The summed E-state index contributed by atoms with van der Waals surface area (Å²) in [5, 5.41) is 0. The van der Waals surface area contributed by atoms with Gasteiger partial charge in [-0.25, -0.2) is 9.78 Å². The van der Waals surface area contributed by atoms with Crippen molar-refractivity contribution in [3.63, 3.8) is 0 Å². The van der Waals surface area contributed by atoms with Gasteiger partial charge in [-0.3, -0.25) is 9.69 Å². The average molecular weight is 513 g/mol. The zero-order chi connectivity index (χ0) is 26.5. The maximum atomic E-state index is 13.7. The van der Waals surface area contributed by atoms with E-state index in [1.165, 1.54) is 0 Å². The molecule has 0 aliphatic carbocycles. The number of pyridine rings is 1. The molecule has 2 aliphatic rings. The summed E-state index contributed by atoms with van der Waals surface area (Å²) in [5.41, 5.74) is 4.26. The lowest BCUT2D eigenvalue weighted by molar-refractivity contribution is 0.0359. The Kier molecular flexibility index (Phi) is 8.03. The van der Waals surface area contributed by atoms with Crippen molar-refractivity contribution in [2.45, 2.75) is 38.8 Å². The molecular formula is C31H36N4O3. The first kappa shape index (κ1) is 25.9. The van der Waals surface area contributed by atoms with E-state index >= 15 is 0 Å². The quantitative estimate of drug-likeness (QED) is 0.471. The van der Waals surface area contributed by atoms with Crippen molar-refractivity contribution < 1.29 is 14.3 Å². The highest BCUT2D eigenvalue weighted by Gasteiger charge is 2.31. The molecule has 198 valence electrons. The van der Waals surface area contributed by atoms with Gasteiger partial charge >= 0.3 is 6.09 Å². The van der Waals surface area contributed by atoms with Gasteiger partial charge in [0.05, 0.1) is 17.5 Å². The van der Waals surface area contributed by atoms with Crippen LogP contribution in [0.25, 0.3) is 22.5 Å². The first-order valence-electron chi connectivity index (χ1n) is 13.6. The van der Waals surface area contributed by atoms with E-state index in [0.29, 0.717) is 24.7 Å². The molecule has 0 unspecified atom stereocenters. The van der Waals surface area contributed by atoms with Crippen LogP contribution < -0.4 is 0 Å². The Hall–Kier alpha value is -3.71. The number of amides is 2. The van der Waals surface area contributed by atoms with Crippen molar-refractivity contribution in [3.05, 3.63) is 78.4 Å².